The fourth-order valence-corrected chi connectivity index (χ4v) is 3.97. The summed E-state index contributed by atoms with van der Waals surface area (Å²) in [4.78, 5) is 14.3. The smallest absolute Gasteiger partial charge is 0.407 e. The van der Waals surface area contributed by atoms with E-state index in [0.29, 0.717) is 35.3 Å². The first-order valence-corrected chi connectivity index (χ1v) is 11.0. The van der Waals surface area contributed by atoms with Crippen LogP contribution in [0.2, 0.25) is 5.02 Å². The molecule has 3 fully saturated rings. The SMILES string of the molecule is CC1CC1.CN(CC1CC(Oc2cc(F)c(CN3CCCC3)c(Cl)c2)C1)C(=O)O. The van der Waals surface area contributed by atoms with E-state index in [1.807, 2.05) is 0 Å². The van der Waals surface area contributed by atoms with E-state index in [2.05, 4.69) is 11.8 Å². The van der Waals surface area contributed by atoms with E-state index in [4.69, 9.17) is 21.4 Å². The van der Waals surface area contributed by atoms with Gasteiger partial charge in [-0.1, -0.05) is 31.4 Å². The summed E-state index contributed by atoms with van der Waals surface area (Å²) in [5, 5.41) is 9.28. The number of halogens is 2. The Labute approximate surface area is 177 Å². The molecule has 162 valence electrons. The normalized spacial score (nSPS) is 23.7. The Morgan fingerprint density at radius 3 is 2.45 bits per heavy atom. The molecular weight excluding hydrogens is 395 g/mol. The molecule has 4 rings (SSSR count). The molecule has 0 bridgehead atoms. The van der Waals surface area contributed by atoms with Gasteiger partial charge in [0.2, 0.25) is 0 Å². The maximum Gasteiger partial charge on any atom is 0.407 e. The molecule has 1 N–H and O–H groups in total. The van der Waals surface area contributed by atoms with Gasteiger partial charge in [-0.2, -0.15) is 0 Å². The molecule has 0 radical (unpaired) electrons. The lowest BCUT2D eigenvalue weighted by molar-refractivity contribution is 0.0472. The van der Waals surface area contributed by atoms with Crippen LogP contribution in [-0.4, -0.2) is 53.8 Å². The Morgan fingerprint density at radius 1 is 1.31 bits per heavy atom. The Hall–Kier alpha value is -1.53. The number of hydrogen-bond donors (Lipinski definition) is 1. The summed E-state index contributed by atoms with van der Waals surface area (Å²) in [5.41, 5.74) is 0.533. The highest BCUT2D eigenvalue weighted by Gasteiger charge is 2.32. The van der Waals surface area contributed by atoms with Gasteiger partial charge in [0, 0.05) is 31.8 Å². The van der Waals surface area contributed by atoms with Gasteiger partial charge in [-0.3, -0.25) is 4.90 Å². The van der Waals surface area contributed by atoms with E-state index < -0.39 is 6.09 Å². The van der Waals surface area contributed by atoms with Crippen LogP contribution < -0.4 is 4.74 Å². The molecule has 1 heterocycles. The van der Waals surface area contributed by atoms with Gasteiger partial charge in [0.15, 0.2) is 0 Å². The van der Waals surface area contributed by atoms with Crippen LogP contribution in [-0.2, 0) is 6.54 Å². The third-order valence-electron chi connectivity index (χ3n) is 5.91. The maximum absolute atomic E-state index is 14.4. The minimum Gasteiger partial charge on any atom is -0.490 e. The van der Waals surface area contributed by atoms with Crippen molar-refractivity contribution in [1.29, 1.82) is 0 Å². The van der Waals surface area contributed by atoms with Crippen LogP contribution in [0.3, 0.4) is 0 Å². The van der Waals surface area contributed by atoms with Gasteiger partial charge in [0.1, 0.15) is 11.6 Å². The summed E-state index contributed by atoms with van der Waals surface area (Å²) >= 11 is 6.27. The lowest BCUT2D eigenvalue weighted by atomic mass is 9.82. The van der Waals surface area contributed by atoms with Crippen molar-refractivity contribution in [3.63, 3.8) is 0 Å². The maximum atomic E-state index is 14.4. The first-order chi connectivity index (χ1) is 13.8. The average Bonchev–Trinajstić information content (AvgIpc) is 3.23. The molecule has 2 saturated carbocycles. The van der Waals surface area contributed by atoms with E-state index in [1.165, 1.54) is 23.8 Å². The molecule has 3 aliphatic rings. The largest absolute Gasteiger partial charge is 0.490 e. The van der Waals surface area contributed by atoms with Crippen LogP contribution in [0.5, 0.6) is 5.75 Å². The summed E-state index contributed by atoms with van der Waals surface area (Å²) in [6.45, 7) is 5.29. The van der Waals surface area contributed by atoms with Crippen LogP contribution in [0.4, 0.5) is 9.18 Å². The van der Waals surface area contributed by atoms with Crippen molar-refractivity contribution < 1.29 is 19.0 Å². The number of rotatable bonds is 6. The number of carboxylic acid groups (broad SMARTS) is 1. The van der Waals surface area contributed by atoms with Crippen LogP contribution in [0.1, 0.15) is 51.0 Å². The summed E-state index contributed by atoms with van der Waals surface area (Å²) in [5.74, 6) is 1.50. The molecule has 2 aliphatic carbocycles. The van der Waals surface area contributed by atoms with Crippen molar-refractivity contribution in [2.75, 3.05) is 26.7 Å². The summed E-state index contributed by atoms with van der Waals surface area (Å²) in [6, 6.07) is 3.10. The van der Waals surface area contributed by atoms with E-state index in [1.54, 1.807) is 13.1 Å². The fourth-order valence-electron chi connectivity index (χ4n) is 3.71. The zero-order valence-corrected chi connectivity index (χ0v) is 18.1. The van der Waals surface area contributed by atoms with Gasteiger partial charge in [-0.25, -0.2) is 9.18 Å². The lowest BCUT2D eigenvalue weighted by Gasteiger charge is -2.37. The van der Waals surface area contributed by atoms with Gasteiger partial charge < -0.3 is 14.7 Å². The average molecular weight is 427 g/mol. The predicted molar refractivity (Wildman–Crippen MR) is 112 cm³/mol. The first-order valence-electron chi connectivity index (χ1n) is 10.6. The highest BCUT2D eigenvalue weighted by molar-refractivity contribution is 6.31. The van der Waals surface area contributed by atoms with E-state index in [-0.39, 0.29) is 11.9 Å². The second-order valence-corrected chi connectivity index (χ2v) is 9.18. The lowest BCUT2D eigenvalue weighted by Crippen LogP contribution is -2.41. The van der Waals surface area contributed by atoms with Crippen molar-refractivity contribution in [3.05, 3.63) is 28.5 Å². The van der Waals surface area contributed by atoms with Crippen molar-refractivity contribution in [3.8, 4) is 5.75 Å². The molecule has 1 aromatic carbocycles. The summed E-state index contributed by atoms with van der Waals surface area (Å²) < 4.78 is 20.2. The highest BCUT2D eigenvalue weighted by atomic mass is 35.5. The second kappa shape index (κ2) is 9.98. The number of likely N-dealkylation sites (tertiary alicyclic amines) is 1. The zero-order valence-electron chi connectivity index (χ0n) is 17.4. The quantitative estimate of drug-likeness (QED) is 0.674. The van der Waals surface area contributed by atoms with E-state index in [9.17, 15) is 9.18 Å². The van der Waals surface area contributed by atoms with Crippen molar-refractivity contribution in [1.82, 2.24) is 9.80 Å². The van der Waals surface area contributed by atoms with Crippen LogP contribution in [0, 0.1) is 17.7 Å². The zero-order chi connectivity index (χ0) is 21.0. The topological polar surface area (TPSA) is 53.0 Å². The van der Waals surface area contributed by atoms with Gasteiger partial charge in [0.05, 0.1) is 11.1 Å². The molecule has 29 heavy (non-hydrogen) atoms. The molecule has 1 saturated heterocycles. The van der Waals surface area contributed by atoms with E-state index in [0.717, 1.165) is 44.7 Å². The number of benzene rings is 1. The van der Waals surface area contributed by atoms with E-state index >= 15 is 0 Å². The Kier molecular flexibility index (Phi) is 7.63. The molecular formula is C22H32ClFN2O3. The molecule has 0 spiro atoms. The molecule has 1 aliphatic heterocycles. The van der Waals surface area contributed by atoms with Gasteiger partial charge in [0.25, 0.3) is 0 Å². The van der Waals surface area contributed by atoms with Gasteiger partial charge in [-0.05, 0) is 56.7 Å². The second-order valence-electron chi connectivity index (χ2n) is 8.77. The first kappa shape index (κ1) is 22.2. The number of hydrogen-bond acceptors (Lipinski definition) is 3. The van der Waals surface area contributed by atoms with Gasteiger partial charge in [-0.15, -0.1) is 0 Å². The van der Waals surface area contributed by atoms with Gasteiger partial charge >= 0.3 is 6.09 Å². The van der Waals surface area contributed by atoms with Crippen molar-refractivity contribution in [2.24, 2.45) is 11.8 Å². The third kappa shape index (κ3) is 6.75. The molecule has 0 unspecified atom stereocenters. The summed E-state index contributed by atoms with van der Waals surface area (Å²) in [6.07, 6.45) is 5.89. The fraction of sp³-hybridized carbons (Fsp3) is 0.682. The van der Waals surface area contributed by atoms with Crippen LogP contribution in [0.25, 0.3) is 0 Å². The number of nitrogens with zero attached hydrogens (tertiary/aromatic N) is 2. The van der Waals surface area contributed by atoms with Crippen molar-refractivity contribution in [2.45, 2.75) is 58.1 Å². The molecule has 7 heteroatoms. The monoisotopic (exact) mass is 426 g/mol. The Bertz CT molecular complexity index is 678. The van der Waals surface area contributed by atoms with Crippen molar-refractivity contribution >= 4 is 17.7 Å². The van der Waals surface area contributed by atoms with Crippen LogP contribution >= 0.6 is 11.6 Å². The number of carbonyl (C=O) groups is 1. The summed E-state index contributed by atoms with van der Waals surface area (Å²) in [7, 11) is 1.56. The Balaban J connectivity index is 0.000000536. The molecule has 5 nitrogen and oxygen atoms in total. The minimum absolute atomic E-state index is 0.00732. The number of ether oxygens (including phenoxy) is 1. The third-order valence-corrected chi connectivity index (χ3v) is 6.25. The minimum atomic E-state index is -0.924. The molecule has 1 amide bonds. The predicted octanol–water partition coefficient (Wildman–Crippen LogP) is 5.26. The van der Waals surface area contributed by atoms with Crippen LogP contribution in [0.15, 0.2) is 12.1 Å². The Morgan fingerprint density at radius 2 is 1.93 bits per heavy atom. The number of amides is 1. The molecule has 1 aromatic rings. The highest BCUT2D eigenvalue weighted by Crippen LogP contribution is 2.34. The standard InChI is InChI=1S/C18H24ClFN2O3.C4H8/c1-21(18(23)24)10-12-6-13(7-12)25-14-8-16(19)15(17(20)9-14)11-22-4-2-3-5-22;1-4-2-3-4/h8-9,12-13H,2-7,10-11H2,1H3,(H,23,24);4H,2-3H2,1H3. The molecule has 0 aromatic heterocycles. The molecule has 0 atom stereocenters.